The molecule has 0 radical (unpaired) electrons. The molecule has 0 unspecified atom stereocenters. The van der Waals surface area contributed by atoms with E-state index in [0.29, 0.717) is 0 Å². The van der Waals surface area contributed by atoms with Gasteiger partial charge in [-0.1, -0.05) is 6.07 Å². The van der Waals surface area contributed by atoms with E-state index in [0.717, 1.165) is 24.5 Å². The van der Waals surface area contributed by atoms with Crippen molar-refractivity contribution in [2.24, 2.45) is 0 Å². The van der Waals surface area contributed by atoms with Gasteiger partial charge in [-0.15, -0.1) is 0 Å². The molecule has 0 spiro atoms. The highest BCUT2D eigenvalue weighted by molar-refractivity contribution is 7.99. The highest BCUT2D eigenvalue weighted by Crippen LogP contribution is 2.26. The number of alkyl halides is 2. The van der Waals surface area contributed by atoms with Gasteiger partial charge in [0.1, 0.15) is 10.8 Å². The number of halogens is 2. The van der Waals surface area contributed by atoms with Gasteiger partial charge in [0.15, 0.2) is 0 Å². The fourth-order valence-corrected chi connectivity index (χ4v) is 3.25. The zero-order valence-electron chi connectivity index (χ0n) is 13.5. The van der Waals surface area contributed by atoms with Crippen molar-refractivity contribution in [1.82, 2.24) is 15.3 Å². The molecule has 0 bridgehead atoms. The molecule has 0 atom stereocenters. The number of nitrogens with zero attached hydrogens (tertiary/aromatic N) is 3. The number of thioether (sulfide) groups is 1. The molecule has 1 fully saturated rings. The Morgan fingerprint density at radius 1 is 1.24 bits per heavy atom. The molecule has 25 heavy (non-hydrogen) atoms. The van der Waals surface area contributed by atoms with Gasteiger partial charge in [0, 0.05) is 32.0 Å². The summed E-state index contributed by atoms with van der Waals surface area (Å²) >= 11 is 0.268. The van der Waals surface area contributed by atoms with Gasteiger partial charge in [0.05, 0.1) is 5.56 Å². The van der Waals surface area contributed by atoms with E-state index in [1.54, 1.807) is 12.3 Å². The Morgan fingerprint density at radius 2 is 2.04 bits per heavy atom. The highest BCUT2D eigenvalue weighted by Gasteiger charge is 2.17. The lowest BCUT2D eigenvalue weighted by Gasteiger charge is -2.16. The van der Waals surface area contributed by atoms with Crippen LogP contribution >= 0.6 is 11.8 Å². The summed E-state index contributed by atoms with van der Waals surface area (Å²) in [6.07, 6.45) is 5.49. The number of pyridine rings is 2. The third-order valence-electron chi connectivity index (χ3n) is 3.91. The van der Waals surface area contributed by atoms with Gasteiger partial charge in [0.25, 0.3) is 11.7 Å². The monoisotopic (exact) mass is 364 g/mol. The molecule has 1 amide bonds. The van der Waals surface area contributed by atoms with Crippen LogP contribution in [-0.4, -0.2) is 34.7 Å². The molecule has 0 aliphatic carbocycles. The Morgan fingerprint density at radius 3 is 2.72 bits per heavy atom. The normalized spacial score (nSPS) is 14.1. The number of amides is 1. The van der Waals surface area contributed by atoms with Crippen LogP contribution in [0.3, 0.4) is 0 Å². The maximum atomic E-state index is 12.6. The topological polar surface area (TPSA) is 58.1 Å². The van der Waals surface area contributed by atoms with Gasteiger partial charge in [0.2, 0.25) is 0 Å². The fraction of sp³-hybridized carbons (Fsp3) is 0.353. The van der Waals surface area contributed by atoms with E-state index in [4.69, 9.17) is 0 Å². The number of hydrogen-bond donors (Lipinski definition) is 1. The van der Waals surface area contributed by atoms with Crippen LogP contribution in [-0.2, 0) is 6.54 Å². The maximum absolute atomic E-state index is 12.6. The zero-order valence-corrected chi connectivity index (χ0v) is 14.3. The lowest BCUT2D eigenvalue weighted by atomic mass is 10.2. The largest absolute Gasteiger partial charge is 0.357 e. The minimum absolute atomic E-state index is 0.0255. The number of hydrogen-bond acceptors (Lipinski definition) is 5. The predicted octanol–water partition coefficient (Wildman–Crippen LogP) is 3.32. The van der Waals surface area contributed by atoms with E-state index in [1.807, 2.05) is 12.1 Å². The Balaban J connectivity index is 1.60. The van der Waals surface area contributed by atoms with Crippen LogP contribution in [0, 0.1) is 0 Å². The summed E-state index contributed by atoms with van der Waals surface area (Å²) in [6, 6.07) is 6.90. The summed E-state index contributed by atoms with van der Waals surface area (Å²) < 4.78 is 25.1. The van der Waals surface area contributed by atoms with E-state index in [9.17, 15) is 13.6 Å². The first-order valence-electron chi connectivity index (χ1n) is 8.01. The molecule has 2 aromatic heterocycles. The molecule has 5 nitrogen and oxygen atoms in total. The summed E-state index contributed by atoms with van der Waals surface area (Å²) in [7, 11) is 0. The van der Waals surface area contributed by atoms with E-state index in [2.05, 4.69) is 20.2 Å². The average molecular weight is 364 g/mol. The summed E-state index contributed by atoms with van der Waals surface area (Å²) in [5.74, 6) is -2.11. The van der Waals surface area contributed by atoms with Crippen molar-refractivity contribution in [3.63, 3.8) is 0 Å². The summed E-state index contributed by atoms with van der Waals surface area (Å²) in [6.45, 7) is 2.32. The van der Waals surface area contributed by atoms with Gasteiger partial charge in [-0.3, -0.25) is 4.79 Å². The second-order valence-electron chi connectivity index (χ2n) is 5.64. The number of aromatic nitrogens is 2. The second-order valence-corrected chi connectivity index (χ2v) is 6.61. The average Bonchev–Trinajstić information content (AvgIpc) is 3.15. The van der Waals surface area contributed by atoms with Crippen molar-refractivity contribution >= 4 is 23.5 Å². The van der Waals surface area contributed by atoms with Crippen LogP contribution in [0.1, 0.15) is 28.8 Å². The van der Waals surface area contributed by atoms with Crippen LogP contribution in [0.25, 0.3) is 0 Å². The highest BCUT2D eigenvalue weighted by atomic mass is 32.2. The molecular formula is C17H18F2N4OS. The third-order valence-corrected chi connectivity index (χ3v) is 4.64. The number of carbonyl (C=O) groups is 1. The van der Waals surface area contributed by atoms with Crippen molar-refractivity contribution in [2.75, 3.05) is 18.0 Å². The molecule has 1 N–H and O–H groups in total. The number of anilines is 1. The summed E-state index contributed by atoms with van der Waals surface area (Å²) in [4.78, 5) is 22.8. The Hall–Kier alpha value is -2.22. The quantitative estimate of drug-likeness (QED) is 0.797. The molecule has 0 saturated carbocycles. The molecule has 3 rings (SSSR count). The van der Waals surface area contributed by atoms with Gasteiger partial charge < -0.3 is 10.2 Å². The third kappa shape index (κ3) is 4.66. The minimum Gasteiger partial charge on any atom is -0.357 e. The lowest BCUT2D eigenvalue weighted by Crippen LogP contribution is -2.24. The van der Waals surface area contributed by atoms with Crippen molar-refractivity contribution in [1.29, 1.82) is 0 Å². The lowest BCUT2D eigenvalue weighted by molar-refractivity contribution is 0.0947. The predicted molar refractivity (Wildman–Crippen MR) is 93.0 cm³/mol. The van der Waals surface area contributed by atoms with E-state index < -0.39 is 11.7 Å². The molecule has 1 aliphatic rings. The van der Waals surface area contributed by atoms with Crippen LogP contribution in [0.15, 0.2) is 41.7 Å². The Labute approximate surface area is 148 Å². The van der Waals surface area contributed by atoms with Crippen LogP contribution < -0.4 is 10.2 Å². The minimum atomic E-state index is -2.62. The first-order valence-corrected chi connectivity index (χ1v) is 8.89. The van der Waals surface area contributed by atoms with Gasteiger partial charge in [-0.05, 0) is 48.4 Å². The van der Waals surface area contributed by atoms with Gasteiger partial charge >= 0.3 is 0 Å². The summed E-state index contributed by atoms with van der Waals surface area (Å²) in [5.41, 5.74) is 0.998. The van der Waals surface area contributed by atoms with Crippen molar-refractivity contribution < 1.29 is 13.6 Å². The number of rotatable bonds is 6. The van der Waals surface area contributed by atoms with Crippen LogP contribution in [0.5, 0.6) is 0 Å². The smallest absolute Gasteiger partial charge is 0.290 e. The van der Waals surface area contributed by atoms with Crippen LogP contribution in [0.4, 0.5) is 14.6 Å². The van der Waals surface area contributed by atoms with Crippen LogP contribution in [0.2, 0.25) is 0 Å². The molecule has 1 saturated heterocycles. The molecule has 1 aliphatic heterocycles. The number of carbonyl (C=O) groups excluding carboxylic acids is 1. The second kappa shape index (κ2) is 8.24. The summed E-state index contributed by atoms with van der Waals surface area (Å²) in [5, 5.41) is 2.75. The molecule has 132 valence electrons. The van der Waals surface area contributed by atoms with Gasteiger partial charge in [-0.25, -0.2) is 9.97 Å². The van der Waals surface area contributed by atoms with E-state index in [1.165, 1.54) is 25.1 Å². The zero-order chi connectivity index (χ0) is 17.6. The van der Waals surface area contributed by atoms with E-state index >= 15 is 0 Å². The van der Waals surface area contributed by atoms with Gasteiger partial charge in [-0.2, -0.15) is 8.78 Å². The Bertz CT molecular complexity index is 721. The molecule has 0 aromatic carbocycles. The van der Waals surface area contributed by atoms with Crippen molar-refractivity contribution in [3.8, 4) is 0 Å². The SMILES string of the molecule is O=C(NCc1ccc(N2CCCC2)nc1)c1cccnc1SC(F)F. The Kier molecular flexibility index (Phi) is 5.80. The standard InChI is InChI=1S/C17H18F2N4OS/c18-17(19)25-16-13(4-3-7-20-16)15(24)22-11-12-5-6-14(21-10-12)23-8-1-2-9-23/h3-7,10,17H,1-2,8-9,11H2,(H,22,24). The van der Waals surface area contributed by atoms with E-state index in [-0.39, 0.29) is 28.9 Å². The molecule has 8 heteroatoms. The molecule has 3 heterocycles. The first-order chi connectivity index (χ1) is 12.1. The van der Waals surface area contributed by atoms with Crippen molar-refractivity contribution in [3.05, 3.63) is 47.8 Å². The fourth-order valence-electron chi connectivity index (χ4n) is 2.67. The first kappa shape index (κ1) is 17.6. The number of nitrogens with one attached hydrogen (secondary N) is 1. The molecule has 2 aromatic rings. The van der Waals surface area contributed by atoms with Crippen molar-refractivity contribution in [2.45, 2.75) is 30.2 Å². The molecular weight excluding hydrogens is 346 g/mol. The maximum Gasteiger partial charge on any atom is 0.290 e.